The maximum atomic E-state index is 3.60. The van der Waals surface area contributed by atoms with Gasteiger partial charge in [0.05, 0.1) is 0 Å². The quantitative estimate of drug-likeness (QED) is 0.835. The number of hydrogen-bond donors (Lipinski definition) is 1. The van der Waals surface area contributed by atoms with Gasteiger partial charge < -0.3 is 5.32 Å². The van der Waals surface area contributed by atoms with E-state index in [1.807, 2.05) is 0 Å². The smallest absolute Gasteiger partial charge is 0.00928 e. The first-order valence-electron chi connectivity index (χ1n) is 8.58. The summed E-state index contributed by atoms with van der Waals surface area (Å²) >= 11 is 0. The van der Waals surface area contributed by atoms with E-state index in [1.165, 1.54) is 71.1 Å². The van der Waals surface area contributed by atoms with Crippen molar-refractivity contribution in [3.63, 3.8) is 0 Å². The highest BCUT2D eigenvalue weighted by atomic mass is 15.2. The van der Waals surface area contributed by atoms with Crippen LogP contribution < -0.4 is 5.32 Å². The summed E-state index contributed by atoms with van der Waals surface area (Å²) in [4.78, 5) is 2.82. The van der Waals surface area contributed by atoms with Gasteiger partial charge in [-0.15, -0.1) is 0 Å². The first-order valence-corrected chi connectivity index (χ1v) is 8.58. The molecule has 1 N–H and O–H groups in total. The number of hydrogen-bond acceptors (Lipinski definition) is 2. The highest BCUT2D eigenvalue weighted by Crippen LogP contribution is 2.34. The number of rotatable bonds is 4. The Labute approximate surface area is 120 Å². The summed E-state index contributed by atoms with van der Waals surface area (Å²) in [7, 11) is 0. The molecule has 2 aliphatic rings. The van der Waals surface area contributed by atoms with Crippen molar-refractivity contribution in [2.45, 2.75) is 71.8 Å². The maximum absolute atomic E-state index is 3.60. The molecule has 2 heterocycles. The molecule has 0 saturated carbocycles. The molecule has 2 fully saturated rings. The van der Waals surface area contributed by atoms with Crippen molar-refractivity contribution >= 4 is 0 Å². The first-order chi connectivity index (χ1) is 9.13. The van der Waals surface area contributed by atoms with Gasteiger partial charge in [-0.2, -0.15) is 0 Å². The highest BCUT2D eigenvalue weighted by Gasteiger charge is 2.34. The molecule has 19 heavy (non-hydrogen) atoms. The van der Waals surface area contributed by atoms with E-state index in [2.05, 4.69) is 31.0 Å². The van der Waals surface area contributed by atoms with E-state index in [4.69, 9.17) is 0 Å². The van der Waals surface area contributed by atoms with Crippen molar-refractivity contribution in [3.8, 4) is 0 Å². The predicted molar refractivity (Wildman–Crippen MR) is 83.5 cm³/mol. The van der Waals surface area contributed by atoms with Crippen LogP contribution >= 0.6 is 0 Å². The third-order valence-electron chi connectivity index (χ3n) is 5.48. The van der Waals surface area contributed by atoms with Gasteiger partial charge >= 0.3 is 0 Å². The molecular formula is C17H34N2. The molecule has 0 amide bonds. The van der Waals surface area contributed by atoms with E-state index in [0.717, 1.165) is 12.0 Å². The number of nitrogens with one attached hydrogen (secondary N) is 1. The zero-order chi connectivity index (χ0) is 13.7. The third kappa shape index (κ3) is 4.19. The molecule has 2 saturated heterocycles. The summed E-state index contributed by atoms with van der Waals surface area (Å²) in [5.74, 6) is 0.863. The van der Waals surface area contributed by atoms with Crippen molar-refractivity contribution in [2.75, 3.05) is 26.2 Å². The van der Waals surface area contributed by atoms with Gasteiger partial charge in [-0.1, -0.05) is 33.6 Å². The summed E-state index contributed by atoms with van der Waals surface area (Å²) in [6.07, 6.45) is 9.85. The van der Waals surface area contributed by atoms with Crippen LogP contribution in [0.1, 0.15) is 65.7 Å². The first kappa shape index (κ1) is 15.3. The zero-order valence-corrected chi connectivity index (χ0v) is 13.4. The van der Waals surface area contributed by atoms with E-state index < -0.39 is 0 Å². The average Bonchev–Trinajstić information content (AvgIpc) is 2.64. The van der Waals surface area contributed by atoms with Gasteiger partial charge in [0.2, 0.25) is 0 Å². The van der Waals surface area contributed by atoms with E-state index in [0.29, 0.717) is 5.41 Å². The van der Waals surface area contributed by atoms with Gasteiger partial charge in [-0.05, 0) is 63.1 Å². The molecule has 0 aliphatic carbocycles. The molecule has 0 bridgehead atoms. The van der Waals surface area contributed by atoms with Crippen molar-refractivity contribution in [1.29, 1.82) is 0 Å². The Morgan fingerprint density at radius 1 is 1.11 bits per heavy atom. The second-order valence-corrected chi connectivity index (χ2v) is 7.41. The van der Waals surface area contributed by atoms with E-state index in [9.17, 15) is 0 Å². The van der Waals surface area contributed by atoms with Gasteiger partial charge in [0.15, 0.2) is 0 Å². The van der Waals surface area contributed by atoms with Crippen LogP contribution in [-0.2, 0) is 0 Å². The second-order valence-electron chi connectivity index (χ2n) is 7.41. The standard InChI is InChI=1S/C17H34N2/c1-4-16-10-6-5-7-12-19(16)14-17(2,3)15-9-8-11-18-13-15/h15-16,18H,4-14H2,1-3H3. The normalized spacial score (nSPS) is 31.1. The minimum atomic E-state index is 0.463. The van der Waals surface area contributed by atoms with E-state index >= 15 is 0 Å². The number of nitrogens with zero attached hydrogens (tertiary/aromatic N) is 1. The Kier molecular flexibility index (Phi) is 5.70. The summed E-state index contributed by atoms with van der Waals surface area (Å²) in [6, 6.07) is 0.846. The molecule has 2 rings (SSSR count). The molecule has 2 atom stereocenters. The molecule has 0 spiro atoms. The van der Waals surface area contributed by atoms with Crippen LogP contribution in [-0.4, -0.2) is 37.1 Å². The maximum Gasteiger partial charge on any atom is 0.00928 e. The molecule has 0 aromatic carbocycles. The van der Waals surface area contributed by atoms with Crippen molar-refractivity contribution in [3.05, 3.63) is 0 Å². The van der Waals surface area contributed by atoms with E-state index in [1.54, 1.807) is 0 Å². The minimum Gasteiger partial charge on any atom is -0.316 e. The Hall–Kier alpha value is -0.0800. The molecular weight excluding hydrogens is 232 g/mol. The van der Waals surface area contributed by atoms with Crippen LogP contribution in [0.25, 0.3) is 0 Å². The molecule has 2 unspecified atom stereocenters. The fraction of sp³-hybridized carbons (Fsp3) is 1.00. The molecule has 0 aromatic heterocycles. The Balaban J connectivity index is 1.95. The van der Waals surface area contributed by atoms with Crippen LogP contribution in [0, 0.1) is 11.3 Å². The Morgan fingerprint density at radius 2 is 1.95 bits per heavy atom. The molecule has 0 radical (unpaired) electrons. The lowest BCUT2D eigenvalue weighted by Crippen LogP contribution is -2.47. The minimum absolute atomic E-state index is 0.463. The predicted octanol–water partition coefficient (Wildman–Crippen LogP) is 3.67. The molecule has 0 aromatic rings. The largest absolute Gasteiger partial charge is 0.316 e. The lowest BCUT2D eigenvalue weighted by molar-refractivity contribution is 0.0738. The van der Waals surface area contributed by atoms with Gasteiger partial charge in [0.1, 0.15) is 0 Å². The van der Waals surface area contributed by atoms with Crippen molar-refractivity contribution in [1.82, 2.24) is 10.2 Å². The summed E-state index contributed by atoms with van der Waals surface area (Å²) in [6.45, 7) is 12.5. The SMILES string of the molecule is CCC1CCCCCN1CC(C)(C)C1CCCNC1. The fourth-order valence-corrected chi connectivity index (χ4v) is 4.08. The van der Waals surface area contributed by atoms with Gasteiger partial charge in [0, 0.05) is 12.6 Å². The lowest BCUT2D eigenvalue weighted by Gasteiger charge is -2.42. The summed E-state index contributed by atoms with van der Waals surface area (Å²) in [5.41, 5.74) is 0.463. The van der Waals surface area contributed by atoms with Crippen molar-refractivity contribution < 1.29 is 0 Å². The van der Waals surface area contributed by atoms with Gasteiger partial charge in [-0.3, -0.25) is 4.90 Å². The third-order valence-corrected chi connectivity index (χ3v) is 5.48. The molecule has 2 nitrogen and oxygen atoms in total. The van der Waals surface area contributed by atoms with Crippen LogP contribution in [0.4, 0.5) is 0 Å². The zero-order valence-electron chi connectivity index (χ0n) is 13.4. The number of piperidine rings is 1. The van der Waals surface area contributed by atoms with Gasteiger partial charge in [-0.25, -0.2) is 0 Å². The second kappa shape index (κ2) is 7.08. The fourth-order valence-electron chi connectivity index (χ4n) is 4.08. The van der Waals surface area contributed by atoms with Crippen LogP contribution in [0.3, 0.4) is 0 Å². The molecule has 112 valence electrons. The molecule has 2 heteroatoms. The Morgan fingerprint density at radius 3 is 2.63 bits per heavy atom. The van der Waals surface area contributed by atoms with Crippen LogP contribution in [0.5, 0.6) is 0 Å². The monoisotopic (exact) mass is 266 g/mol. The van der Waals surface area contributed by atoms with Crippen LogP contribution in [0.2, 0.25) is 0 Å². The van der Waals surface area contributed by atoms with Crippen LogP contribution in [0.15, 0.2) is 0 Å². The van der Waals surface area contributed by atoms with E-state index in [-0.39, 0.29) is 0 Å². The average molecular weight is 266 g/mol. The van der Waals surface area contributed by atoms with Crippen molar-refractivity contribution in [2.24, 2.45) is 11.3 Å². The summed E-state index contributed by atoms with van der Waals surface area (Å²) in [5, 5.41) is 3.60. The van der Waals surface area contributed by atoms with Gasteiger partial charge in [0.25, 0.3) is 0 Å². The Bertz CT molecular complexity index is 256. The molecule has 2 aliphatic heterocycles. The summed E-state index contributed by atoms with van der Waals surface area (Å²) < 4.78 is 0. The number of likely N-dealkylation sites (tertiary alicyclic amines) is 1. The lowest BCUT2D eigenvalue weighted by atomic mass is 9.74. The highest BCUT2D eigenvalue weighted by molar-refractivity contribution is 4.87. The topological polar surface area (TPSA) is 15.3 Å².